The van der Waals surface area contributed by atoms with E-state index in [9.17, 15) is 9.59 Å². The number of aromatic hydroxyl groups is 1. The first kappa shape index (κ1) is 22.9. The summed E-state index contributed by atoms with van der Waals surface area (Å²) in [6, 6.07) is 8.72. The quantitative estimate of drug-likeness (QED) is 0.469. The van der Waals surface area contributed by atoms with Crippen LogP contribution in [0.5, 0.6) is 5.75 Å². The highest BCUT2D eigenvalue weighted by Crippen LogP contribution is 2.21. The molecule has 7 nitrogen and oxygen atoms in total. The van der Waals surface area contributed by atoms with Crippen LogP contribution in [0.1, 0.15) is 38.7 Å². The Morgan fingerprint density at radius 3 is 2.57 bits per heavy atom. The second-order valence-electron chi connectivity index (χ2n) is 7.10. The van der Waals surface area contributed by atoms with Crippen LogP contribution in [-0.2, 0) is 9.59 Å². The number of nitrogens with zero attached hydrogens (tertiary/aromatic N) is 1. The number of pyridine rings is 1. The molecule has 4 N–H and O–H groups in total. The number of amides is 2. The predicted octanol–water partition coefficient (Wildman–Crippen LogP) is 4.14. The molecule has 7 heteroatoms. The lowest BCUT2D eigenvalue weighted by Crippen LogP contribution is -2.36. The van der Waals surface area contributed by atoms with Gasteiger partial charge in [0.1, 0.15) is 5.75 Å². The van der Waals surface area contributed by atoms with Crippen molar-refractivity contribution in [1.82, 2.24) is 15.3 Å². The minimum atomic E-state index is -0.231. The molecule has 0 aliphatic rings. The van der Waals surface area contributed by atoms with Crippen molar-refractivity contribution < 1.29 is 14.7 Å². The fourth-order valence-electron chi connectivity index (χ4n) is 3.07. The molecule has 30 heavy (non-hydrogen) atoms. The Balaban J connectivity index is 0.000000244. The fourth-order valence-corrected chi connectivity index (χ4v) is 3.07. The van der Waals surface area contributed by atoms with Gasteiger partial charge in [0.25, 0.3) is 0 Å². The molecule has 0 saturated heterocycles. The van der Waals surface area contributed by atoms with Crippen LogP contribution in [0, 0.1) is 12.8 Å². The molecule has 0 spiro atoms. The van der Waals surface area contributed by atoms with Gasteiger partial charge in [0.15, 0.2) is 0 Å². The Morgan fingerprint density at radius 1 is 1.17 bits per heavy atom. The number of aromatic nitrogens is 2. The van der Waals surface area contributed by atoms with Crippen molar-refractivity contribution in [1.29, 1.82) is 0 Å². The van der Waals surface area contributed by atoms with E-state index in [1.165, 1.54) is 0 Å². The maximum atomic E-state index is 11.8. The Kier molecular flexibility index (Phi) is 8.87. The van der Waals surface area contributed by atoms with E-state index in [2.05, 4.69) is 20.6 Å². The van der Waals surface area contributed by atoms with Crippen LogP contribution in [0.25, 0.3) is 10.9 Å². The van der Waals surface area contributed by atoms with Crippen LogP contribution in [-0.4, -0.2) is 33.4 Å². The molecule has 0 bridgehead atoms. The van der Waals surface area contributed by atoms with E-state index in [1.54, 1.807) is 36.7 Å². The number of nitrogens with one attached hydrogen (secondary N) is 3. The molecule has 2 heterocycles. The van der Waals surface area contributed by atoms with Gasteiger partial charge in [-0.1, -0.05) is 20.3 Å². The molecule has 160 valence electrons. The molecule has 2 amide bonds. The lowest BCUT2D eigenvalue weighted by Gasteiger charge is -2.13. The minimum absolute atomic E-state index is 0.00118. The number of benzene rings is 1. The van der Waals surface area contributed by atoms with Crippen molar-refractivity contribution in [3.8, 4) is 5.75 Å². The first-order valence-electron chi connectivity index (χ1n) is 10.2. The number of phenolic OH excluding ortho intramolecular Hbond substituents is 1. The van der Waals surface area contributed by atoms with Crippen LogP contribution in [0.3, 0.4) is 0 Å². The van der Waals surface area contributed by atoms with Gasteiger partial charge in [0.05, 0.1) is 6.54 Å². The molecule has 0 saturated carbocycles. The third-order valence-corrected chi connectivity index (χ3v) is 4.76. The van der Waals surface area contributed by atoms with Crippen LogP contribution in [0.4, 0.5) is 5.69 Å². The lowest BCUT2D eigenvalue weighted by atomic mass is 10.00. The van der Waals surface area contributed by atoms with E-state index in [0.29, 0.717) is 11.4 Å². The summed E-state index contributed by atoms with van der Waals surface area (Å²) in [7, 11) is 0. The van der Waals surface area contributed by atoms with E-state index in [1.807, 2.05) is 33.0 Å². The number of carbonyl (C=O) groups is 2. The second kappa shape index (κ2) is 11.6. The van der Waals surface area contributed by atoms with E-state index >= 15 is 0 Å². The second-order valence-corrected chi connectivity index (χ2v) is 7.10. The van der Waals surface area contributed by atoms with Gasteiger partial charge in [0.2, 0.25) is 11.8 Å². The predicted molar refractivity (Wildman–Crippen MR) is 119 cm³/mol. The third-order valence-electron chi connectivity index (χ3n) is 4.76. The molecule has 0 aliphatic carbocycles. The largest absolute Gasteiger partial charge is 0.508 e. The number of H-pyrrole nitrogens is 1. The monoisotopic (exact) mass is 410 g/mol. The number of aryl methyl sites for hydroxylation is 1. The maximum Gasteiger partial charge on any atom is 0.243 e. The van der Waals surface area contributed by atoms with Gasteiger partial charge in [-0.3, -0.25) is 14.6 Å². The maximum absolute atomic E-state index is 11.8. The average Bonchev–Trinajstić information content (AvgIpc) is 3.11. The van der Waals surface area contributed by atoms with Gasteiger partial charge in [0, 0.05) is 41.1 Å². The summed E-state index contributed by atoms with van der Waals surface area (Å²) in [5.74, 6) is 0.0408. The first-order valence-corrected chi connectivity index (χ1v) is 10.2. The zero-order chi connectivity index (χ0) is 21.9. The summed E-state index contributed by atoms with van der Waals surface area (Å²) in [5.41, 5.74) is 2.91. The first-order chi connectivity index (χ1) is 14.4. The van der Waals surface area contributed by atoms with Crippen LogP contribution < -0.4 is 10.6 Å². The molecular formula is C23H30N4O3. The van der Waals surface area contributed by atoms with Gasteiger partial charge in [-0.2, -0.15) is 0 Å². The van der Waals surface area contributed by atoms with E-state index in [-0.39, 0.29) is 24.3 Å². The van der Waals surface area contributed by atoms with Gasteiger partial charge in [-0.05, 0) is 55.7 Å². The number of hydrogen-bond donors (Lipinski definition) is 4. The zero-order valence-corrected chi connectivity index (χ0v) is 17.7. The molecule has 2 aromatic heterocycles. The number of fused-ring (bicyclic) bond motifs is 1. The molecule has 3 aromatic rings. The van der Waals surface area contributed by atoms with Crippen molar-refractivity contribution in [2.45, 2.75) is 40.0 Å². The number of carbonyl (C=O) groups excluding carboxylic acids is 2. The summed E-state index contributed by atoms with van der Waals surface area (Å²) in [6.45, 7) is 6.04. The normalized spacial score (nSPS) is 11.3. The van der Waals surface area contributed by atoms with Crippen molar-refractivity contribution in [2.24, 2.45) is 5.92 Å². The van der Waals surface area contributed by atoms with Gasteiger partial charge >= 0.3 is 0 Å². The van der Waals surface area contributed by atoms with Crippen molar-refractivity contribution in [3.05, 3.63) is 54.5 Å². The smallest absolute Gasteiger partial charge is 0.243 e. The van der Waals surface area contributed by atoms with Crippen LogP contribution >= 0.6 is 0 Å². The van der Waals surface area contributed by atoms with Gasteiger partial charge in [-0.25, -0.2) is 0 Å². The van der Waals surface area contributed by atoms with Gasteiger partial charge in [-0.15, -0.1) is 0 Å². The molecular weight excluding hydrogens is 380 g/mol. The van der Waals surface area contributed by atoms with Crippen molar-refractivity contribution in [2.75, 3.05) is 11.9 Å². The molecule has 1 unspecified atom stereocenters. The summed E-state index contributed by atoms with van der Waals surface area (Å²) in [6.07, 6.45) is 7.75. The van der Waals surface area contributed by atoms with Gasteiger partial charge < -0.3 is 20.7 Å². The average molecular weight is 411 g/mol. The summed E-state index contributed by atoms with van der Waals surface area (Å²) in [4.78, 5) is 30.4. The Labute approximate surface area is 176 Å². The number of phenols is 1. The standard InChI is InChI=1S/C14H21N3O2.C9H9NO/c1-3-5-11(4-2)14(19)16-10-13(18)17-12-6-8-15-9-7-12;1-6-5-10-9-3-2-7(11)4-8(6)9/h6-9,11H,3-5,10H2,1-2H3,(H,16,19)(H,15,17,18);2-5,10-11H,1H3. The van der Waals surface area contributed by atoms with E-state index in [4.69, 9.17) is 5.11 Å². The van der Waals surface area contributed by atoms with Crippen molar-refractivity contribution in [3.63, 3.8) is 0 Å². The van der Waals surface area contributed by atoms with Crippen LogP contribution in [0.2, 0.25) is 0 Å². The van der Waals surface area contributed by atoms with Crippen LogP contribution in [0.15, 0.2) is 48.9 Å². The highest BCUT2D eigenvalue weighted by molar-refractivity contribution is 5.94. The Morgan fingerprint density at radius 2 is 1.90 bits per heavy atom. The topological polar surface area (TPSA) is 107 Å². The Bertz CT molecular complexity index is 953. The Hall–Kier alpha value is -3.35. The van der Waals surface area contributed by atoms with E-state index in [0.717, 1.165) is 35.7 Å². The SMILES string of the molecule is CCCC(CC)C(=O)NCC(=O)Nc1ccncc1.Cc1c[nH]c2ccc(O)cc12. The van der Waals surface area contributed by atoms with E-state index < -0.39 is 0 Å². The fraction of sp³-hybridized carbons (Fsp3) is 0.348. The molecule has 0 aliphatic heterocycles. The summed E-state index contributed by atoms with van der Waals surface area (Å²) < 4.78 is 0. The highest BCUT2D eigenvalue weighted by atomic mass is 16.3. The molecule has 0 fully saturated rings. The molecule has 0 radical (unpaired) electrons. The number of rotatable bonds is 7. The summed E-state index contributed by atoms with van der Waals surface area (Å²) in [5, 5.41) is 15.6. The number of anilines is 1. The molecule has 1 aromatic carbocycles. The molecule has 3 rings (SSSR count). The lowest BCUT2D eigenvalue weighted by molar-refractivity contribution is -0.127. The van der Waals surface area contributed by atoms with Crippen molar-refractivity contribution >= 4 is 28.4 Å². The highest BCUT2D eigenvalue weighted by Gasteiger charge is 2.15. The number of aromatic amines is 1. The zero-order valence-electron chi connectivity index (χ0n) is 17.7. The molecule has 1 atom stereocenters. The number of hydrogen-bond acceptors (Lipinski definition) is 4. The third kappa shape index (κ3) is 6.92. The minimum Gasteiger partial charge on any atom is -0.508 e. The summed E-state index contributed by atoms with van der Waals surface area (Å²) >= 11 is 0.